The molecule has 0 saturated heterocycles. The van der Waals surface area contributed by atoms with Gasteiger partial charge in [0.1, 0.15) is 0 Å². The summed E-state index contributed by atoms with van der Waals surface area (Å²) in [5, 5.41) is 21.6. The van der Waals surface area contributed by atoms with Crippen LogP contribution >= 0.6 is 11.8 Å². The second kappa shape index (κ2) is 6.40. The van der Waals surface area contributed by atoms with Gasteiger partial charge in [0, 0.05) is 31.0 Å². The lowest BCUT2D eigenvalue weighted by molar-refractivity contribution is -0.301. The largest absolute Gasteiger partial charge is 0.549 e. The highest BCUT2D eigenvalue weighted by atomic mass is 32.2. The van der Waals surface area contributed by atoms with Crippen LogP contribution in [0, 0.1) is 0 Å². The maximum absolute atomic E-state index is 11.0. The van der Waals surface area contributed by atoms with Crippen LogP contribution in [0.2, 0.25) is 0 Å². The quantitative estimate of drug-likeness (QED) is 0.797. The molecule has 2 aromatic rings. The van der Waals surface area contributed by atoms with Crippen molar-refractivity contribution in [2.24, 2.45) is 7.05 Å². The van der Waals surface area contributed by atoms with E-state index in [0.29, 0.717) is 16.7 Å². The van der Waals surface area contributed by atoms with E-state index < -0.39 is 5.97 Å². The molecular weight excluding hydrogens is 292 g/mol. The lowest BCUT2D eigenvalue weighted by atomic mass is 10.2. The number of benzene rings is 1. The van der Waals surface area contributed by atoms with Crippen LogP contribution in [0.1, 0.15) is 6.92 Å². The molecule has 0 unspecified atom stereocenters. The molecule has 7 nitrogen and oxygen atoms in total. The first kappa shape index (κ1) is 15.0. The van der Waals surface area contributed by atoms with E-state index in [0.717, 1.165) is 17.3 Å². The van der Waals surface area contributed by atoms with Crippen molar-refractivity contribution in [1.82, 2.24) is 14.8 Å². The van der Waals surface area contributed by atoms with Crippen LogP contribution in [0.4, 0.5) is 5.69 Å². The Bertz CT molecular complexity index is 667. The summed E-state index contributed by atoms with van der Waals surface area (Å²) in [5.41, 5.74) is 1.51. The zero-order chi connectivity index (χ0) is 15.4. The van der Waals surface area contributed by atoms with E-state index in [9.17, 15) is 14.7 Å². The second-order valence-corrected chi connectivity index (χ2v) is 5.23. The SMILES string of the molecule is CC(=O)Nc1ccc(-c2nnc(SCC(=O)[O-])n2C)cc1. The number of hydrogen-bond donors (Lipinski definition) is 1. The molecule has 0 fully saturated rings. The van der Waals surface area contributed by atoms with E-state index in [1.165, 1.54) is 6.92 Å². The second-order valence-electron chi connectivity index (χ2n) is 4.28. The average molecular weight is 305 g/mol. The molecule has 2 rings (SSSR count). The van der Waals surface area contributed by atoms with Crippen molar-refractivity contribution >= 4 is 29.3 Å². The van der Waals surface area contributed by atoms with E-state index >= 15 is 0 Å². The summed E-state index contributed by atoms with van der Waals surface area (Å²) in [5.74, 6) is -0.843. The molecule has 0 aliphatic carbocycles. The van der Waals surface area contributed by atoms with Crippen molar-refractivity contribution in [2.75, 3.05) is 11.1 Å². The molecule has 0 saturated carbocycles. The number of carbonyl (C=O) groups excluding carboxylic acids is 2. The maximum atomic E-state index is 11.0. The Labute approximate surface area is 125 Å². The monoisotopic (exact) mass is 305 g/mol. The highest BCUT2D eigenvalue weighted by Crippen LogP contribution is 2.23. The Hall–Kier alpha value is -2.35. The van der Waals surface area contributed by atoms with Gasteiger partial charge in [0.2, 0.25) is 5.91 Å². The smallest absolute Gasteiger partial charge is 0.221 e. The molecule has 0 atom stereocenters. The van der Waals surface area contributed by atoms with Gasteiger partial charge in [-0.15, -0.1) is 10.2 Å². The van der Waals surface area contributed by atoms with Gasteiger partial charge < -0.3 is 19.8 Å². The zero-order valence-electron chi connectivity index (χ0n) is 11.5. The first-order valence-corrected chi connectivity index (χ1v) is 7.06. The summed E-state index contributed by atoms with van der Waals surface area (Å²) in [6.45, 7) is 1.44. The Balaban J connectivity index is 2.18. The van der Waals surface area contributed by atoms with Gasteiger partial charge in [-0.2, -0.15) is 0 Å². The summed E-state index contributed by atoms with van der Waals surface area (Å²) in [4.78, 5) is 21.4. The van der Waals surface area contributed by atoms with Crippen molar-refractivity contribution < 1.29 is 14.7 Å². The molecule has 0 aliphatic rings. The fourth-order valence-electron chi connectivity index (χ4n) is 1.72. The van der Waals surface area contributed by atoms with E-state index in [1.54, 1.807) is 23.7 Å². The van der Waals surface area contributed by atoms with E-state index in [1.807, 2.05) is 12.1 Å². The number of aromatic nitrogens is 3. The van der Waals surface area contributed by atoms with E-state index in [4.69, 9.17) is 0 Å². The van der Waals surface area contributed by atoms with Gasteiger partial charge in [-0.05, 0) is 24.3 Å². The van der Waals surface area contributed by atoms with Crippen molar-refractivity contribution in [2.45, 2.75) is 12.1 Å². The predicted octanol–water partition coefficient (Wildman–Crippen LogP) is 0.282. The van der Waals surface area contributed by atoms with Crippen LogP contribution < -0.4 is 10.4 Å². The fraction of sp³-hybridized carbons (Fsp3) is 0.231. The van der Waals surface area contributed by atoms with Gasteiger partial charge in [0.05, 0.1) is 5.97 Å². The van der Waals surface area contributed by atoms with Gasteiger partial charge in [0.15, 0.2) is 11.0 Å². The molecule has 21 heavy (non-hydrogen) atoms. The molecule has 1 aromatic carbocycles. The first-order valence-electron chi connectivity index (χ1n) is 6.07. The molecule has 8 heteroatoms. The summed E-state index contributed by atoms with van der Waals surface area (Å²) in [7, 11) is 1.76. The van der Waals surface area contributed by atoms with Crippen LogP contribution in [0.25, 0.3) is 11.4 Å². The maximum Gasteiger partial charge on any atom is 0.221 e. The molecule has 0 radical (unpaired) electrons. The summed E-state index contributed by atoms with van der Waals surface area (Å²) >= 11 is 1.05. The van der Waals surface area contributed by atoms with Gasteiger partial charge >= 0.3 is 0 Å². The topological polar surface area (TPSA) is 99.9 Å². The van der Waals surface area contributed by atoms with Crippen molar-refractivity contribution in [3.05, 3.63) is 24.3 Å². The molecule has 1 heterocycles. The number of carbonyl (C=O) groups is 2. The number of hydrogen-bond acceptors (Lipinski definition) is 6. The number of rotatable bonds is 5. The van der Waals surface area contributed by atoms with Gasteiger partial charge in [-0.25, -0.2) is 0 Å². The number of aliphatic carboxylic acids is 1. The summed E-state index contributed by atoms with van der Waals surface area (Å²) < 4.78 is 1.71. The minimum Gasteiger partial charge on any atom is -0.549 e. The number of nitrogens with one attached hydrogen (secondary N) is 1. The highest BCUT2D eigenvalue weighted by Gasteiger charge is 2.11. The van der Waals surface area contributed by atoms with Crippen LogP contribution in [0.3, 0.4) is 0 Å². The predicted molar refractivity (Wildman–Crippen MR) is 76.5 cm³/mol. The van der Waals surface area contributed by atoms with Gasteiger partial charge in [-0.1, -0.05) is 11.8 Å². The van der Waals surface area contributed by atoms with E-state index in [-0.39, 0.29) is 11.7 Å². The van der Waals surface area contributed by atoms with Crippen molar-refractivity contribution in [1.29, 1.82) is 0 Å². The molecule has 0 aliphatic heterocycles. The molecular formula is C13H13N4O3S-. The number of carboxylic acids is 1. The van der Waals surface area contributed by atoms with Crippen LogP contribution in [-0.2, 0) is 16.6 Å². The minimum absolute atomic E-state index is 0.137. The molecule has 110 valence electrons. The zero-order valence-corrected chi connectivity index (χ0v) is 12.3. The van der Waals surface area contributed by atoms with Crippen LogP contribution in [0.15, 0.2) is 29.4 Å². The average Bonchev–Trinajstić information content (AvgIpc) is 2.78. The highest BCUT2D eigenvalue weighted by molar-refractivity contribution is 7.99. The third-order valence-electron chi connectivity index (χ3n) is 2.62. The standard InChI is InChI=1S/C13H14N4O3S/c1-8(18)14-10-5-3-9(4-6-10)12-15-16-13(17(12)2)21-7-11(19)20/h3-6H,7H2,1-2H3,(H,14,18)(H,19,20)/p-1. The number of carboxylic acid groups (broad SMARTS) is 1. The van der Waals surface area contributed by atoms with Crippen LogP contribution in [-0.4, -0.2) is 32.4 Å². The fourth-order valence-corrected chi connectivity index (χ4v) is 2.35. The first-order chi connectivity index (χ1) is 9.97. The van der Waals surface area contributed by atoms with Crippen LogP contribution in [0.5, 0.6) is 0 Å². The minimum atomic E-state index is -1.15. The molecule has 1 N–H and O–H groups in total. The number of nitrogens with zero attached hydrogens (tertiary/aromatic N) is 3. The Kier molecular flexibility index (Phi) is 4.59. The van der Waals surface area contributed by atoms with Gasteiger partial charge in [-0.3, -0.25) is 4.79 Å². The Morgan fingerprint density at radius 2 is 1.95 bits per heavy atom. The number of amides is 1. The van der Waals surface area contributed by atoms with E-state index in [2.05, 4.69) is 15.5 Å². The number of anilines is 1. The normalized spacial score (nSPS) is 10.4. The Morgan fingerprint density at radius 1 is 1.29 bits per heavy atom. The third kappa shape index (κ3) is 3.82. The molecule has 1 aromatic heterocycles. The third-order valence-corrected chi connectivity index (χ3v) is 3.61. The summed E-state index contributed by atoms with van der Waals surface area (Å²) in [6, 6.07) is 7.14. The van der Waals surface area contributed by atoms with Crippen molar-refractivity contribution in [3.8, 4) is 11.4 Å². The van der Waals surface area contributed by atoms with Crippen molar-refractivity contribution in [3.63, 3.8) is 0 Å². The number of thioether (sulfide) groups is 1. The molecule has 0 bridgehead atoms. The van der Waals surface area contributed by atoms with Gasteiger partial charge in [0.25, 0.3) is 0 Å². The summed E-state index contributed by atoms with van der Waals surface area (Å²) in [6.07, 6.45) is 0. The Morgan fingerprint density at radius 3 is 2.52 bits per heavy atom. The lowest BCUT2D eigenvalue weighted by Crippen LogP contribution is -2.24. The lowest BCUT2D eigenvalue weighted by Gasteiger charge is -2.06. The molecule has 1 amide bonds. The molecule has 0 spiro atoms.